The van der Waals surface area contributed by atoms with Crippen LogP contribution >= 0.6 is 11.3 Å². The third kappa shape index (κ3) is 3.20. The molecule has 1 heterocycles. The Balaban J connectivity index is 2.26. The lowest BCUT2D eigenvalue weighted by Crippen LogP contribution is -2.26. The van der Waals surface area contributed by atoms with Gasteiger partial charge in [-0.2, -0.15) is 0 Å². The van der Waals surface area contributed by atoms with Gasteiger partial charge in [-0.1, -0.05) is 12.6 Å². The summed E-state index contributed by atoms with van der Waals surface area (Å²) in [4.78, 5) is 16.7. The largest absolute Gasteiger partial charge is 0.357 e. The average molecular weight is 212 g/mol. The maximum absolute atomic E-state index is 10.8. The van der Waals surface area contributed by atoms with Crippen molar-refractivity contribution in [2.45, 2.75) is 0 Å². The van der Waals surface area contributed by atoms with Crippen molar-refractivity contribution < 1.29 is 9.63 Å². The number of hydrogen-bond donors (Lipinski definition) is 2. The highest BCUT2D eigenvalue weighted by Gasteiger charge is 2.01. The molecule has 4 nitrogen and oxygen atoms in total. The number of hydrogen-bond acceptors (Lipinski definition) is 4. The summed E-state index contributed by atoms with van der Waals surface area (Å²) in [6.07, 6.45) is 0. The smallest absolute Gasteiger partial charge is 0.248 e. The van der Waals surface area contributed by atoms with Crippen LogP contribution in [0.1, 0.15) is 4.88 Å². The zero-order valence-electron chi connectivity index (χ0n) is 7.87. The van der Waals surface area contributed by atoms with Crippen molar-refractivity contribution in [2.75, 3.05) is 13.7 Å². The average Bonchev–Trinajstić information content (AvgIpc) is 2.70. The molecule has 14 heavy (non-hydrogen) atoms. The van der Waals surface area contributed by atoms with E-state index in [1.54, 1.807) is 18.4 Å². The Morgan fingerprint density at radius 2 is 2.50 bits per heavy atom. The van der Waals surface area contributed by atoms with Crippen LogP contribution < -0.4 is 10.8 Å². The Labute approximate surface area is 86.5 Å². The summed E-state index contributed by atoms with van der Waals surface area (Å²) < 4.78 is 0. The predicted octanol–water partition coefficient (Wildman–Crippen LogP) is 0.986. The van der Waals surface area contributed by atoms with E-state index >= 15 is 0 Å². The lowest BCUT2D eigenvalue weighted by atomic mass is 10.4. The van der Waals surface area contributed by atoms with Crippen LogP contribution in [0, 0.1) is 0 Å². The van der Waals surface area contributed by atoms with Crippen LogP contribution in [0.2, 0.25) is 0 Å². The summed E-state index contributed by atoms with van der Waals surface area (Å²) in [6, 6.07) is 3.84. The van der Waals surface area contributed by atoms with Crippen molar-refractivity contribution in [3.05, 3.63) is 29.0 Å². The summed E-state index contributed by atoms with van der Waals surface area (Å²) >= 11 is 1.55. The third-order valence-electron chi connectivity index (χ3n) is 1.50. The molecule has 1 aromatic rings. The molecule has 0 saturated heterocycles. The van der Waals surface area contributed by atoms with Crippen molar-refractivity contribution in [1.29, 1.82) is 0 Å². The van der Waals surface area contributed by atoms with Crippen molar-refractivity contribution in [3.63, 3.8) is 0 Å². The fourth-order valence-electron chi connectivity index (χ4n) is 0.761. The van der Waals surface area contributed by atoms with E-state index in [4.69, 9.17) is 4.84 Å². The van der Waals surface area contributed by atoms with Crippen LogP contribution in [0.15, 0.2) is 24.1 Å². The number of carbonyl (C=O) groups excluding carboxylic acids is 1. The van der Waals surface area contributed by atoms with Gasteiger partial charge in [0.25, 0.3) is 0 Å². The molecule has 76 valence electrons. The molecule has 0 aliphatic heterocycles. The van der Waals surface area contributed by atoms with Crippen molar-refractivity contribution in [2.24, 2.45) is 0 Å². The molecule has 0 aliphatic rings. The molecule has 0 fully saturated rings. The highest BCUT2D eigenvalue weighted by atomic mass is 32.1. The lowest BCUT2D eigenvalue weighted by molar-refractivity contribution is -0.126. The van der Waals surface area contributed by atoms with E-state index in [2.05, 4.69) is 17.4 Å². The first-order valence-corrected chi connectivity index (χ1v) is 4.93. The quantitative estimate of drug-likeness (QED) is 0.715. The van der Waals surface area contributed by atoms with E-state index in [0.717, 1.165) is 4.88 Å². The lowest BCUT2D eigenvalue weighted by Gasteiger charge is -2.06. The molecule has 0 aromatic carbocycles. The summed E-state index contributed by atoms with van der Waals surface area (Å²) in [5.41, 5.74) is 3.26. The molecule has 0 spiro atoms. The SMILES string of the molecule is C=C(NOCC(=O)NC)c1cccs1. The summed E-state index contributed by atoms with van der Waals surface area (Å²) in [7, 11) is 1.56. The Morgan fingerprint density at radius 3 is 3.07 bits per heavy atom. The third-order valence-corrected chi connectivity index (χ3v) is 2.43. The summed E-state index contributed by atoms with van der Waals surface area (Å²) in [6.45, 7) is 3.74. The van der Waals surface area contributed by atoms with Gasteiger partial charge in [0.1, 0.15) is 0 Å². The predicted molar refractivity (Wildman–Crippen MR) is 56.5 cm³/mol. The second kappa shape index (κ2) is 5.41. The molecule has 1 aromatic heterocycles. The summed E-state index contributed by atoms with van der Waals surface area (Å²) in [5.74, 6) is -0.184. The molecule has 0 unspecified atom stereocenters. The fraction of sp³-hybridized carbons (Fsp3) is 0.222. The normalized spacial score (nSPS) is 9.50. The van der Waals surface area contributed by atoms with E-state index in [9.17, 15) is 4.79 Å². The minimum absolute atomic E-state index is 0.0269. The molecular formula is C9H12N2O2S. The Bertz CT molecular complexity index is 309. The van der Waals surface area contributed by atoms with Crippen molar-refractivity contribution in [3.8, 4) is 0 Å². The molecule has 2 N–H and O–H groups in total. The number of likely N-dealkylation sites (N-methyl/N-ethyl adjacent to an activating group) is 1. The van der Waals surface area contributed by atoms with Crippen molar-refractivity contribution >= 4 is 22.9 Å². The van der Waals surface area contributed by atoms with Gasteiger partial charge in [0.2, 0.25) is 5.91 Å². The Kier molecular flexibility index (Phi) is 4.15. The van der Waals surface area contributed by atoms with Gasteiger partial charge in [-0.15, -0.1) is 11.3 Å². The van der Waals surface area contributed by atoms with Gasteiger partial charge < -0.3 is 5.32 Å². The zero-order valence-corrected chi connectivity index (χ0v) is 8.69. The molecule has 0 aliphatic carbocycles. The van der Waals surface area contributed by atoms with Crippen LogP contribution in [-0.4, -0.2) is 19.6 Å². The topological polar surface area (TPSA) is 50.4 Å². The molecule has 1 rings (SSSR count). The molecule has 0 saturated carbocycles. The maximum Gasteiger partial charge on any atom is 0.248 e. The minimum atomic E-state index is -0.184. The van der Waals surface area contributed by atoms with Crippen LogP contribution in [0.3, 0.4) is 0 Å². The molecule has 0 atom stereocenters. The second-order valence-corrected chi connectivity index (χ2v) is 3.47. The number of thiophene rings is 1. The molecule has 0 bridgehead atoms. The Hall–Kier alpha value is -1.33. The summed E-state index contributed by atoms with van der Waals surface area (Å²) in [5, 5.41) is 4.39. The van der Waals surface area contributed by atoms with Gasteiger partial charge >= 0.3 is 0 Å². The fourth-order valence-corrected chi connectivity index (χ4v) is 1.41. The van der Waals surface area contributed by atoms with Crippen LogP contribution in [0.25, 0.3) is 5.70 Å². The van der Waals surface area contributed by atoms with Gasteiger partial charge in [0, 0.05) is 7.05 Å². The number of carbonyl (C=O) groups is 1. The molecular weight excluding hydrogens is 200 g/mol. The highest BCUT2D eigenvalue weighted by molar-refractivity contribution is 7.11. The monoisotopic (exact) mass is 212 g/mol. The minimum Gasteiger partial charge on any atom is -0.357 e. The first kappa shape index (κ1) is 10.7. The number of nitrogens with one attached hydrogen (secondary N) is 2. The zero-order chi connectivity index (χ0) is 10.4. The Morgan fingerprint density at radius 1 is 1.71 bits per heavy atom. The van der Waals surface area contributed by atoms with E-state index < -0.39 is 0 Å². The number of rotatable bonds is 5. The van der Waals surface area contributed by atoms with E-state index in [1.807, 2.05) is 17.5 Å². The van der Waals surface area contributed by atoms with E-state index in [1.165, 1.54) is 0 Å². The number of amides is 1. The van der Waals surface area contributed by atoms with Gasteiger partial charge in [-0.05, 0) is 11.4 Å². The molecule has 1 amide bonds. The highest BCUT2D eigenvalue weighted by Crippen LogP contribution is 2.15. The van der Waals surface area contributed by atoms with Crippen LogP contribution in [-0.2, 0) is 9.63 Å². The standard InChI is InChI=1S/C9H12N2O2S/c1-7(8-4-3-5-14-8)11-13-6-9(12)10-2/h3-5,11H,1,6H2,2H3,(H,10,12). The van der Waals surface area contributed by atoms with Crippen LogP contribution in [0.4, 0.5) is 0 Å². The second-order valence-electron chi connectivity index (χ2n) is 2.52. The van der Waals surface area contributed by atoms with Gasteiger partial charge in [-0.25, -0.2) is 0 Å². The van der Waals surface area contributed by atoms with E-state index in [-0.39, 0.29) is 12.5 Å². The van der Waals surface area contributed by atoms with Crippen molar-refractivity contribution in [1.82, 2.24) is 10.8 Å². The van der Waals surface area contributed by atoms with Gasteiger partial charge in [0.05, 0.1) is 10.6 Å². The maximum atomic E-state index is 10.8. The van der Waals surface area contributed by atoms with Gasteiger partial charge in [0.15, 0.2) is 6.61 Å². The first-order chi connectivity index (χ1) is 6.74. The molecule has 5 heteroatoms. The number of hydroxylamine groups is 1. The van der Waals surface area contributed by atoms with E-state index in [0.29, 0.717) is 5.70 Å². The van der Waals surface area contributed by atoms with Crippen LogP contribution in [0.5, 0.6) is 0 Å². The van der Waals surface area contributed by atoms with Gasteiger partial charge in [-0.3, -0.25) is 15.1 Å². The first-order valence-electron chi connectivity index (χ1n) is 4.05. The molecule has 0 radical (unpaired) electrons.